The lowest BCUT2D eigenvalue weighted by Gasteiger charge is -2.12. The summed E-state index contributed by atoms with van der Waals surface area (Å²) in [4.78, 5) is 0. The smallest absolute Gasteiger partial charge is 0.0537 e. The van der Waals surface area contributed by atoms with Crippen molar-refractivity contribution in [3.05, 3.63) is 17.5 Å². The maximum Gasteiger partial charge on any atom is 0.0537 e. The number of aromatic nitrogens is 2. The molecule has 86 valence electrons. The van der Waals surface area contributed by atoms with Gasteiger partial charge >= 0.3 is 0 Å². The van der Waals surface area contributed by atoms with Gasteiger partial charge in [-0.1, -0.05) is 20.8 Å². The van der Waals surface area contributed by atoms with Gasteiger partial charge in [-0.2, -0.15) is 5.10 Å². The van der Waals surface area contributed by atoms with Crippen LogP contribution in [0.15, 0.2) is 6.20 Å². The number of hydrogen-bond acceptors (Lipinski definition) is 2. The van der Waals surface area contributed by atoms with Crippen LogP contribution < -0.4 is 5.32 Å². The van der Waals surface area contributed by atoms with E-state index >= 15 is 0 Å². The second-order valence-electron chi connectivity index (χ2n) is 4.49. The Hall–Kier alpha value is -0.830. The highest BCUT2D eigenvalue weighted by molar-refractivity contribution is 5.16. The molecule has 0 amide bonds. The quantitative estimate of drug-likeness (QED) is 0.808. The molecule has 0 radical (unpaired) electrons. The monoisotopic (exact) mass is 209 g/mol. The molecule has 3 heteroatoms. The summed E-state index contributed by atoms with van der Waals surface area (Å²) in [5.41, 5.74) is 2.60. The van der Waals surface area contributed by atoms with Crippen molar-refractivity contribution >= 4 is 0 Å². The van der Waals surface area contributed by atoms with E-state index < -0.39 is 0 Å². The third-order valence-electron chi connectivity index (χ3n) is 2.86. The number of nitrogens with one attached hydrogen (secondary N) is 1. The van der Waals surface area contributed by atoms with Gasteiger partial charge in [-0.05, 0) is 20.3 Å². The first-order valence-corrected chi connectivity index (χ1v) is 5.82. The Kier molecular flexibility index (Phi) is 4.33. The SMILES string of the molecule is CCC(C)n1ncc(CNC(C)C)c1C. The van der Waals surface area contributed by atoms with Crippen molar-refractivity contribution in [1.29, 1.82) is 0 Å². The molecule has 1 rings (SSSR count). The molecule has 0 fully saturated rings. The van der Waals surface area contributed by atoms with Gasteiger partial charge in [-0.3, -0.25) is 4.68 Å². The molecule has 1 unspecified atom stereocenters. The standard InChI is InChI=1S/C12H23N3/c1-6-10(4)15-11(5)12(8-14-15)7-13-9(2)3/h8-10,13H,6-7H2,1-5H3. The molecule has 0 aliphatic carbocycles. The first-order valence-electron chi connectivity index (χ1n) is 5.82. The third-order valence-corrected chi connectivity index (χ3v) is 2.86. The van der Waals surface area contributed by atoms with Gasteiger partial charge in [0.05, 0.1) is 6.20 Å². The van der Waals surface area contributed by atoms with Gasteiger partial charge < -0.3 is 5.32 Å². The van der Waals surface area contributed by atoms with Crippen LogP contribution in [0.25, 0.3) is 0 Å². The molecular formula is C12H23N3. The van der Waals surface area contributed by atoms with Crippen LogP contribution in [0.4, 0.5) is 0 Å². The third kappa shape index (κ3) is 3.06. The van der Waals surface area contributed by atoms with Crippen LogP contribution in [0, 0.1) is 6.92 Å². The fourth-order valence-corrected chi connectivity index (χ4v) is 1.56. The highest BCUT2D eigenvalue weighted by Gasteiger charge is 2.10. The van der Waals surface area contributed by atoms with Crippen molar-refractivity contribution in [2.24, 2.45) is 0 Å². The molecule has 0 spiro atoms. The summed E-state index contributed by atoms with van der Waals surface area (Å²) in [5, 5.41) is 7.86. The largest absolute Gasteiger partial charge is 0.310 e. The minimum Gasteiger partial charge on any atom is -0.310 e. The van der Waals surface area contributed by atoms with Crippen LogP contribution in [0.2, 0.25) is 0 Å². The normalized spacial score (nSPS) is 13.5. The van der Waals surface area contributed by atoms with Gasteiger partial charge in [0.15, 0.2) is 0 Å². The lowest BCUT2D eigenvalue weighted by atomic mass is 10.2. The molecule has 1 atom stereocenters. The van der Waals surface area contributed by atoms with Gasteiger partial charge in [0, 0.05) is 29.9 Å². The average Bonchev–Trinajstić information content (AvgIpc) is 2.56. The van der Waals surface area contributed by atoms with E-state index in [1.54, 1.807) is 0 Å². The summed E-state index contributed by atoms with van der Waals surface area (Å²) in [6.45, 7) is 11.8. The molecule has 0 aromatic carbocycles. The van der Waals surface area contributed by atoms with Crippen LogP contribution in [0.3, 0.4) is 0 Å². The predicted octanol–water partition coefficient (Wildman–Crippen LogP) is 2.66. The molecule has 0 aliphatic heterocycles. The van der Waals surface area contributed by atoms with Gasteiger partial charge in [0.25, 0.3) is 0 Å². The zero-order chi connectivity index (χ0) is 11.4. The average molecular weight is 209 g/mol. The predicted molar refractivity (Wildman–Crippen MR) is 63.9 cm³/mol. The van der Waals surface area contributed by atoms with E-state index in [0.29, 0.717) is 12.1 Å². The summed E-state index contributed by atoms with van der Waals surface area (Å²) in [6.07, 6.45) is 3.11. The van der Waals surface area contributed by atoms with E-state index in [4.69, 9.17) is 0 Å². The van der Waals surface area contributed by atoms with E-state index in [1.807, 2.05) is 6.20 Å². The summed E-state index contributed by atoms with van der Waals surface area (Å²) in [5.74, 6) is 0. The summed E-state index contributed by atoms with van der Waals surface area (Å²) in [7, 11) is 0. The minimum atomic E-state index is 0.498. The fraction of sp³-hybridized carbons (Fsp3) is 0.750. The maximum absolute atomic E-state index is 4.44. The zero-order valence-electron chi connectivity index (χ0n) is 10.5. The van der Waals surface area contributed by atoms with Crippen LogP contribution in [0.1, 0.15) is 51.4 Å². The molecule has 1 aromatic rings. The zero-order valence-corrected chi connectivity index (χ0v) is 10.5. The molecule has 0 saturated heterocycles. The van der Waals surface area contributed by atoms with Crippen LogP contribution >= 0.6 is 0 Å². The van der Waals surface area contributed by atoms with Crippen molar-refractivity contribution in [3.63, 3.8) is 0 Å². The number of nitrogens with zero attached hydrogens (tertiary/aromatic N) is 2. The first-order chi connectivity index (χ1) is 7.06. The molecular weight excluding hydrogens is 186 g/mol. The van der Waals surface area contributed by atoms with Crippen molar-refractivity contribution < 1.29 is 0 Å². The fourth-order valence-electron chi connectivity index (χ4n) is 1.56. The Morgan fingerprint density at radius 2 is 2.07 bits per heavy atom. The first kappa shape index (κ1) is 12.2. The molecule has 15 heavy (non-hydrogen) atoms. The van der Waals surface area contributed by atoms with E-state index in [1.165, 1.54) is 11.3 Å². The second kappa shape index (κ2) is 5.31. The molecule has 0 bridgehead atoms. The maximum atomic E-state index is 4.44. The molecule has 1 N–H and O–H groups in total. The highest BCUT2D eigenvalue weighted by atomic mass is 15.3. The van der Waals surface area contributed by atoms with Crippen LogP contribution in [-0.2, 0) is 6.54 Å². The van der Waals surface area contributed by atoms with E-state index in [9.17, 15) is 0 Å². The Balaban J connectivity index is 2.71. The molecule has 3 nitrogen and oxygen atoms in total. The Bertz CT molecular complexity index is 302. The Morgan fingerprint density at radius 3 is 2.60 bits per heavy atom. The van der Waals surface area contributed by atoms with E-state index in [2.05, 4.69) is 49.7 Å². The molecule has 1 heterocycles. The molecule has 0 aliphatic rings. The number of rotatable bonds is 5. The van der Waals surface area contributed by atoms with Gasteiger partial charge in [0.1, 0.15) is 0 Å². The van der Waals surface area contributed by atoms with Crippen LogP contribution in [0.5, 0.6) is 0 Å². The lowest BCUT2D eigenvalue weighted by molar-refractivity contribution is 0.466. The molecule has 1 aromatic heterocycles. The highest BCUT2D eigenvalue weighted by Crippen LogP contribution is 2.15. The number of hydrogen-bond donors (Lipinski definition) is 1. The second-order valence-corrected chi connectivity index (χ2v) is 4.49. The van der Waals surface area contributed by atoms with Crippen molar-refractivity contribution in [1.82, 2.24) is 15.1 Å². The van der Waals surface area contributed by atoms with E-state index in [-0.39, 0.29) is 0 Å². The minimum absolute atomic E-state index is 0.498. The molecule has 0 saturated carbocycles. The van der Waals surface area contributed by atoms with E-state index in [0.717, 1.165) is 13.0 Å². The summed E-state index contributed by atoms with van der Waals surface area (Å²) in [6, 6.07) is 1.02. The van der Waals surface area contributed by atoms with Gasteiger partial charge in [0.2, 0.25) is 0 Å². The summed E-state index contributed by atoms with van der Waals surface area (Å²) < 4.78 is 2.12. The Morgan fingerprint density at radius 1 is 1.40 bits per heavy atom. The van der Waals surface area contributed by atoms with Crippen molar-refractivity contribution in [2.75, 3.05) is 0 Å². The van der Waals surface area contributed by atoms with Crippen molar-refractivity contribution in [3.8, 4) is 0 Å². The van der Waals surface area contributed by atoms with Crippen molar-refractivity contribution in [2.45, 2.75) is 59.7 Å². The van der Waals surface area contributed by atoms with Gasteiger partial charge in [-0.15, -0.1) is 0 Å². The topological polar surface area (TPSA) is 29.9 Å². The summed E-state index contributed by atoms with van der Waals surface area (Å²) >= 11 is 0. The Labute approximate surface area is 92.9 Å². The lowest BCUT2D eigenvalue weighted by Crippen LogP contribution is -2.22. The van der Waals surface area contributed by atoms with Gasteiger partial charge in [-0.25, -0.2) is 0 Å². The van der Waals surface area contributed by atoms with Crippen LogP contribution in [-0.4, -0.2) is 15.8 Å².